The maximum absolute atomic E-state index is 12.7. The molecule has 1 heterocycles. The largest absolute Gasteiger partial charge is 0.147 e. The molecule has 0 atom stereocenters. The predicted molar refractivity (Wildman–Crippen MR) is 103 cm³/mol. The minimum atomic E-state index is -5.34. The first kappa shape index (κ1) is 29.2. The Morgan fingerprint density at radius 2 is 1.00 bits per heavy atom. The van der Waals surface area contributed by atoms with E-state index in [0.717, 1.165) is 13.1 Å². The smallest absolute Gasteiger partial charge is 0.147 e. The molecule has 146 valence electrons. The van der Waals surface area contributed by atoms with Crippen LogP contribution in [0, 0.1) is 0 Å². The second-order valence-corrected chi connectivity index (χ2v) is 21.5. The summed E-state index contributed by atoms with van der Waals surface area (Å²) in [6.45, 7) is 8.35. The third-order valence-electron chi connectivity index (χ3n) is 6.34. The molecule has 1 rings (SSSR count). The molecule has 2 N–H and O–H groups in total. The Labute approximate surface area is 162 Å². The van der Waals surface area contributed by atoms with Gasteiger partial charge in [0.25, 0.3) is 0 Å². The normalized spacial score (nSPS) is 19.4. The van der Waals surface area contributed by atoms with E-state index in [1.54, 1.807) is 10.5 Å². The second kappa shape index (κ2) is 9.42. The number of nitrogens with one attached hydrogen (secondary N) is 2. The Balaban J connectivity index is -0.00000147. The molecule has 1 saturated heterocycles. The van der Waals surface area contributed by atoms with Gasteiger partial charge >= 0.3 is 125 Å². The fraction of sp³-hybridized carbons (Fsp3) is 0.786. The summed E-state index contributed by atoms with van der Waals surface area (Å²) >= 11 is -5.34. The molecule has 0 aromatic carbocycles. The molecule has 0 spiro atoms. The van der Waals surface area contributed by atoms with Crippen molar-refractivity contribution in [2.45, 2.75) is 31.2 Å². The Morgan fingerprint density at radius 3 is 1.25 bits per heavy atom. The summed E-state index contributed by atoms with van der Waals surface area (Å²) in [7, 11) is 0. The molecular weight excluding hydrogens is 412 g/mol. The van der Waals surface area contributed by atoms with E-state index in [4.69, 9.17) is 0 Å². The number of hydrogen-bond donors (Lipinski definition) is 2. The van der Waals surface area contributed by atoms with Gasteiger partial charge < -0.3 is 0 Å². The van der Waals surface area contributed by atoms with E-state index < -0.39 is 14.3 Å². The van der Waals surface area contributed by atoms with Gasteiger partial charge in [0.1, 0.15) is 0 Å². The summed E-state index contributed by atoms with van der Waals surface area (Å²) in [4.78, 5) is 38.2. The van der Waals surface area contributed by atoms with Gasteiger partial charge in [-0.1, -0.05) is 0 Å². The average Bonchev–Trinajstić information content (AvgIpc) is 2.52. The maximum atomic E-state index is 12.7. The van der Waals surface area contributed by atoms with Crippen molar-refractivity contribution < 1.29 is 28.7 Å². The average molecular weight is 445 g/mol. The van der Waals surface area contributed by atoms with Crippen LogP contribution in [0.4, 0.5) is 0 Å². The zero-order valence-electron chi connectivity index (χ0n) is 15.1. The molecular formula is C14H32Cl3N3O3Ti. The van der Waals surface area contributed by atoms with Crippen LogP contribution in [0.15, 0.2) is 0 Å². The Kier molecular flexibility index (Phi) is 11.5. The molecule has 6 nitrogen and oxygen atoms in total. The van der Waals surface area contributed by atoms with Crippen LogP contribution in [0.2, 0.25) is 10.5 Å². The molecule has 24 heavy (non-hydrogen) atoms. The first-order valence-corrected chi connectivity index (χ1v) is 13.8. The van der Waals surface area contributed by atoms with E-state index in [9.17, 15) is 14.4 Å². The topological polar surface area (TPSA) is 78.5 Å². The fourth-order valence-corrected chi connectivity index (χ4v) is 10.4. The zero-order chi connectivity index (χ0) is 16.4. The van der Waals surface area contributed by atoms with Crippen molar-refractivity contribution in [2.75, 3.05) is 39.3 Å². The van der Waals surface area contributed by atoms with Crippen molar-refractivity contribution in [3.05, 3.63) is 0 Å². The zero-order valence-corrected chi connectivity index (χ0v) is 19.2. The van der Waals surface area contributed by atoms with Gasteiger partial charge in [-0.3, -0.25) is 0 Å². The molecule has 0 aliphatic carbocycles. The molecule has 0 aromatic heterocycles. The second-order valence-electron chi connectivity index (χ2n) is 7.31. The first-order chi connectivity index (χ1) is 9.54. The summed E-state index contributed by atoms with van der Waals surface area (Å²) in [5.74, 6) is 0. The summed E-state index contributed by atoms with van der Waals surface area (Å²) in [5, 5.41) is 9.92. The van der Waals surface area contributed by atoms with Crippen LogP contribution in [0.3, 0.4) is 0 Å². The minimum absolute atomic E-state index is 0. The predicted octanol–water partition coefficient (Wildman–Crippen LogP) is 1.62. The van der Waals surface area contributed by atoms with Gasteiger partial charge in [0.2, 0.25) is 0 Å². The molecule has 0 bridgehead atoms. The van der Waals surface area contributed by atoms with E-state index in [1.165, 1.54) is 20.8 Å². The summed E-state index contributed by atoms with van der Waals surface area (Å²) in [6.07, 6.45) is 0. The molecule has 10 heteroatoms. The first-order valence-electron chi connectivity index (χ1n) is 7.63. The Hall–Kier alpha value is 0.474. The monoisotopic (exact) mass is 443 g/mol. The molecule has 0 radical (unpaired) electrons. The molecule has 0 saturated carbocycles. The van der Waals surface area contributed by atoms with Gasteiger partial charge in [-0.25, -0.2) is 0 Å². The van der Waals surface area contributed by atoms with Crippen LogP contribution < -0.4 is 10.6 Å². The van der Waals surface area contributed by atoms with E-state index in [0.29, 0.717) is 26.2 Å². The van der Waals surface area contributed by atoms with Gasteiger partial charge in [-0.2, -0.15) is 0 Å². The number of carbonyl (C=O) groups excluding carboxylic acids is 3. The van der Waals surface area contributed by atoms with Crippen LogP contribution >= 0.6 is 37.2 Å². The van der Waals surface area contributed by atoms with Crippen molar-refractivity contribution in [1.82, 2.24) is 14.0 Å². The van der Waals surface area contributed by atoms with Crippen molar-refractivity contribution in [2.24, 2.45) is 0 Å². The number of halogens is 3. The van der Waals surface area contributed by atoms with Crippen LogP contribution in [0.1, 0.15) is 20.8 Å². The third kappa shape index (κ3) is 3.91. The van der Waals surface area contributed by atoms with Gasteiger partial charge in [0, 0.05) is 0 Å². The standard InChI is InChI=1S/C6H14N3.3C2H3O.2CH3.3ClH.Ti/c1-2-8-5-6-9-4-3-7-1;3*1-2-3;;;;;;/h7-8H,1-6H2;3*1H3;2*1H3;3*1H;/q-1;;;;;;;;;+1. The van der Waals surface area contributed by atoms with Crippen molar-refractivity contribution in [3.8, 4) is 0 Å². The number of rotatable bonds is 4. The van der Waals surface area contributed by atoms with E-state index in [2.05, 4.69) is 10.6 Å². The van der Waals surface area contributed by atoms with Gasteiger partial charge in [0.15, 0.2) is 0 Å². The summed E-state index contributed by atoms with van der Waals surface area (Å²) in [6, 6.07) is 0. The number of hydrogen-bond acceptors (Lipinski definition) is 6. The van der Waals surface area contributed by atoms with Crippen molar-refractivity contribution >= 4 is 49.5 Å². The SMILES string of the molecule is C[C](=O)[Ti]([CH3])([CH3])([C](C)=O)([C](C)=O)[N]1CCNCCNCC1.Cl.Cl.Cl. The molecule has 1 fully saturated rings. The number of nitrogens with zero attached hydrogens (tertiary/aromatic N) is 1. The molecule has 1 aliphatic heterocycles. The summed E-state index contributed by atoms with van der Waals surface area (Å²) < 4.78 is 1.20. The Morgan fingerprint density at radius 1 is 0.708 bits per heavy atom. The van der Waals surface area contributed by atoms with E-state index in [-0.39, 0.29) is 49.5 Å². The fourth-order valence-electron chi connectivity index (χ4n) is 3.16. The van der Waals surface area contributed by atoms with Crippen LogP contribution in [-0.2, 0) is 28.7 Å². The van der Waals surface area contributed by atoms with Crippen LogP contribution in [0.5, 0.6) is 0 Å². The minimum Gasteiger partial charge on any atom is -0.147 e. The third-order valence-corrected chi connectivity index (χ3v) is 21.9. The van der Waals surface area contributed by atoms with Crippen molar-refractivity contribution in [1.29, 1.82) is 0 Å². The molecule has 1 aliphatic rings. The van der Waals surface area contributed by atoms with Crippen molar-refractivity contribution in [3.63, 3.8) is 0 Å². The number of carbonyl (C=O) groups is 3. The van der Waals surface area contributed by atoms with Crippen LogP contribution in [0.25, 0.3) is 0 Å². The molecule has 0 aromatic rings. The Bertz CT molecular complexity index is 445. The van der Waals surface area contributed by atoms with E-state index in [1.807, 2.05) is 3.38 Å². The molecule has 0 amide bonds. The van der Waals surface area contributed by atoms with Gasteiger partial charge in [0.05, 0.1) is 0 Å². The van der Waals surface area contributed by atoms with Gasteiger partial charge in [-0.15, -0.1) is 37.2 Å². The quantitative estimate of drug-likeness (QED) is 0.642. The summed E-state index contributed by atoms with van der Waals surface area (Å²) in [5.41, 5.74) is 0. The van der Waals surface area contributed by atoms with Crippen LogP contribution in [-0.4, -0.2) is 54.9 Å². The molecule has 0 unspecified atom stereocenters. The maximum Gasteiger partial charge on any atom is -0.147 e. The van der Waals surface area contributed by atoms with E-state index >= 15 is 0 Å². The van der Waals surface area contributed by atoms with Gasteiger partial charge in [-0.05, 0) is 0 Å².